The first-order chi connectivity index (χ1) is 7.80. The standard InChI is InChI=1S/C13H27N3O/c1-6-16(8-12(4)7-14)10-13(5,17)9-15-11(2)3/h11-12,15,17H,6,8-10H2,1-5H3. The number of nitrogens with one attached hydrogen (secondary N) is 1. The van der Waals surface area contributed by atoms with E-state index < -0.39 is 5.60 Å². The van der Waals surface area contributed by atoms with Gasteiger partial charge in [-0.25, -0.2) is 0 Å². The molecule has 0 aromatic carbocycles. The van der Waals surface area contributed by atoms with Crippen LogP contribution in [-0.4, -0.2) is 47.8 Å². The molecule has 4 heteroatoms. The molecule has 0 radical (unpaired) electrons. The van der Waals surface area contributed by atoms with Gasteiger partial charge in [-0.1, -0.05) is 20.8 Å². The van der Waals surface area contributed by atoms with E-state index in [4.69, 9.17) is 5.26 Å². The second-order valence-electron chi connectivity index (χ2n) is 5.39. The quantitative estimate of drug-likeness (QED) is 0.671. The Labute approximate surface area is 106 Å². The van der Waals surface area contributed by atoms with E-state index in [1.165, 1.54) is 0 Å². The SMILES string of the molecule is CCN(CC(C)C#N)CC(C)(O)CNC(C)C. The van der Waals surface area contributed by atoms with Crippen molar-refractivity contribution in [2.75, 3.05) is 26.2 Å². The minimum absolute atomic E-state index is 0.00353. The summed E-state index contributed by atoms with van der Waals surface area (Å²) in [6, 6.07) is 2.60. The van der Waals surface area contributed by atoms with E-state index in [-0.39, 0.29) is 5.92 Å². The molecule has 0 aliphatic heterocycles. The molecule has 0 bridgehead atoms. The third kappa shape index (κ3) is 8.14. The molecule has 0 rings (SSSR count). The molecule has 100 valence electrons. The summed E-state index contributed by atoms with van der Waals surface area (Å²) in [7, 11) is 0. The van der Waals surface area contributed by atoms with Crippen LogP contribution >= 0.6 is 0 Å². The average molecular weight is 241 g/mol. The molecule has 0 heterocycles. The van der Waals surface area contributed by atoms with Crippen molar-refractivity contribution in [3.05, 3.63) is 0 Å². The Morgan fingerprint density at radius 2 is 2.00 bits per heavy atom. The normalized spacial score (nSPS) is 16.9. The molecule has 0 spiro atoms. The minimum Gasteiger partial charge on any atom is -0.388 e. The molecule has 0 fully saturated rings. The molecule has 0 amide bonds. The molecule has 17 heavy (non-hydrogen) atoms. The zero-order valence-electron chi connectivity index (χ0n) is 11.8. The van der Waals surface area contributed by atoms with Crippen molar-refractivity contribution in [3.63, 3.8) is 0 Å². The van der Waals surface area contributed by atoms with Crippen LogP contribution in [0.25, 0.3) is 0 Å². The van der Waals surface area contributed by atoms with Gasteiger partial charge in [0.1, 0.15) is 0 Å². The number of nitrogens with zero attached hydrogens (tertiary/aromatic N) is 2. The van der Waals surface area contributed by atoms with E-state index in [9.17, 15) is 5.11 Å². The predicted molar refractivity (Wildman–Crippen MR) is 70.7 cm³/mol. The summed E-state index contributed by atoms with van der Waals surface area (Å²) in [5.41, 5.74) is -0.755. The molecular formula is C13H27N3O. The maximum absolute atomic E-state index is 10.3. The maximum Gasteiger partial charge on any atom is 0.0869 e. The number of nitriles is 1. The second-order valence-corrected chi connectivity index (χ2v) is 5.39. The summed E-state index contributed by atoms with van der Waals surface area (Å²) in [4.78, 5) is 2.12. The summed E-state index contributed by atoms with van der Waals surface area (Å²) in [6.45, 7) is 12.6. The third-order valence-corrected chi connectivity index (χ3v) is 2.66. The van der Waals surface area contributed by atoms with Crippen molar-refractivity contribution >= 4 is 0 Å². The number of rotatable bonds is 8. The van der Waals surface area contributed by atoms with Crippen LogP contribution in [-0.2, 0) is 0 Å². The maximum atomic E-state index is 10.3. The van der Waals surface area contributed by atoms with E-state index in [0.29, 0.717) is 25.7 Å². The van der Waals surface area contributed by atoms with Crippen molar-refractivity contribution in [1.82, 2.24) is 10.2 Å². The minimum atomic E-state index is -0.755. The first-order valence-corrected chi connectivity index (χ1v) is 6.38. The highest BCUT2D eigenvalue weighted by atomic mass is 16.3. The van der Waals surface area contributed by atoms with E-state index in [1.54, 1.807) is 0 Å². The van der Waals surface area contributed by atoms with Crippen LogP contribution in [0.5, 0.6) is 0 Å². The number of hydrogen-bond acceptors (Lipinski definition) is 4. The van der Waals surface area contributed by atoms with Crippen molar-refractivity contribution in [2.45, 2.75) is 46.3 Å². The van der Waals surface area contributed by atoms with Gasteiger partial charge in [-0.05, 0) is 20.4 Å². The highest BCUT2D eigenvalue weighted by molar-refractivity contribution is 4.85. The lowest BCUT2D eigenvalue weighted by Gasteiger charge is -2.32. The molecular weight excluding hydrogens is 214 g/mol. The second kappa shape index (κ2) is 7.65. The van der Waals surface area contributed by atoms with Crippen LogP contribution in [0.15, 0.2) is 0 Å². The summed E-state index contributed by atoms with van der Waals surface area (Å²) in [6.07, 6.45) is 0. The highest BCUT2D eigenvalue weighted by Crippen LogP contribution is 2.08. The number of likely N-dealkylation sites (N-methyl/N-ethyl adjacent to an activating group) is 1. The van der Waals surface area contributed by atoms with Gasteiger partial charge in [-0.15, -0.1) is 0 Å². The van der Waals surface area contributed by atoms with Gasteiger partial charge in [0.15, 0.2) is 0 Å². The average Bonchev–Trinajstić information content (AvgIpc) is 2.25. The van der Waals surface area contributed by atoms with Crippen LogP contribution in [0, 0.1) is 17.2 Å². The van der Waals surface area contributed by atoms with E-state index >= 15 is 0 Å². The molecule has 0 saturated carbocycles. The fourth-order valence-electron chi connectivity index (χ4n) is 1.70. The third-order valence-electron chi connectivity index (χ3n) is 2.66. The summed E-state index contributed by atoms with van der Waals surface area (Å²) in [5, 5.41) is 22.3. The monoisotopic (exact) mass is 241 g/mol. The number of hydrogen-bond donors (Lipinski definition) is 2. The smallest absolute Gasteiger partial charge is 0.0869 e. The Balaban J connectivity index is 4.20. The first-order valence-electron chi connectivity index (χ1n) is 6.38. The van der Waals surface area contributed by atoms with Crippen LogP contribution in [0.1, 0.15) is 34.6 Å². The van der Waals surface area contributed by atoms with Gasteiger partial charge in [-0.2, -0.15) is 5.26 Å². The largest absolute Gasteiger partial charge is 0.388 e. The highest BCUT2D eigenvalue weighted by Gasteiger charge is 2.24. The van der Waals surface area contributed by atoms with Crippen molar-refractivity contribution < 1.29 is 5.11 Å². The topological polar surface area (TPSA) is 59.3 Å². The van der Waals surface area contributed by atoms with Gasteiger partial charge >= 0.3 is 0 Å². The summed E-state index contributed by atoms with van der Waals surface area (Å²) >= 11 is 0. The van der Waals surface area contributed by atoms with Gasteiger partial charge in [0.25, 0.3) is 0 Å². The molecule has 2 N–H and O–H groups in total. The molecule has 2 atom stereocenters. The molecule has 0 aliphatic rings. The van der Waals surface area contributed by atoms with Crippen molar-refractivity contribution in [2.24, 2.45) is 5.92 Å². The lowest BCUT2D eigenvalue weighted by molar-refractivity contribution is 0.0181. The molecule has 0 aliphatic carbocycles. The molecule has 0 saturated heterocycles. The van der Waals surface area contributed by atoms with Gasteiger partial charge in [-0.3, -0.25) is 4.90 Å². The Morgan fingerprint density at radius 1 is 1.41 bits per heavy atom. The fraction of sp³-hybridized carbons (Fsp3) is 0.923. The van der Waals surface area contributed by atoms with Crippen molar-refractivity contribution in [3.8, 4) is 6.07 Å². The van der Waals surface area contributed by atoms with E-state index in [0.717, 1.165) is 6.54 Å². The van der Waals surface area contributed by atoms with Gasteiger partial charge in [0, 0.05) is 25.7 Å². The fourth-order valence-corrected chi connectivity index (χ4v) is 1.70. The zero-order chi connectivity index (χ0) is 13.5. The van der Waals surface area contributed by atoms with Crippen molar-refractivity contribution in [1.29, 1.82) is 5.26 Å². The zero-order valence-corrected chi connectivity index (χ0v) is 11.8. The first kappa shape index (κ1) is 16.4. The van der Waals surface area contributed by atoms with Gasteiger partial charge < -0.3 is 10.4 Å². The molecule has 0 aromatic rings. The molecule has 0 aromatic heterocycles. The van der Waals surface area contributed by atoms with E-state index in [2.05, 4.69) is 37.1 Å². The van der Waals surface area contributed by atoms with Crippen LogP contribution in [0.2, 0.25) is 0 Å². The Kier molecular flexibility index (Phi) is 7.37. The lowest BCUT2D eigenvalue weighted by atomic mass is 10.0. The lowest BCUT2D eigenvalue weighted by Crippen LogP contribution is -2.49. The number of aliphatic hydroxyl groups is 1. The van der Waals surface area contributed by atoms with Crippen LogP contribution in [0.4, 0.5) is 0 Å². The van der Waals surface area contributed by atoms with Crippen LogP contribution in [0.3, 0.4) is 0 Å². The molecule has 4 nitrogen and oxygen atoms in total. The van der Waals surface area contributed by atoms with E-state index in [1.807, 2.05) is 13.8 Å². The molecule has 2 unspecified atom stereocenters. The van der Waals surface area contributed by atoms with Crippen LogP contribution < -0.4 is 5.32 Å². The summed E-state index contributed by atoms with van der Waals surface area (Å²) in [5.74, 6) is 0.00353. The predicted octanol–water partition coefficient (Wildman–Crippen LogP) is 1.22. The Hall–Kier alpha value is -0.630. The van der Waals surface area contributed by atoms with Gasteiger partial charge in [0.2, 0.25) is 0 Å². The Morgan fingerprint density at radius 3 is 2.41 bits per heavy atom. The Bertz CT molecular complexity index is 246. The summed E-state index contributed by atoms with van der Waals surface area (Å²) < 4.78 is 0. The van der Waals surface area contributed by atoms with Gasteiger partial charge in [0.05, 0.1) is 17.6 Å².